The van der Waals surface area contributed by atoms with E-state index >= 15 is 0 Å². The Labute approximate surface area is 109 Å². The largest absolute Gasteiger partial charge is 0.495 e. The molecule has 1 atom stereocenters. The monoisotopic (exact) mass is 246 g/mol. The number of hydrogen-bond donors (Lipinski definition) is 0. The highest BCUT2D eigenvalue weighted by molar-refractivity contribution is 5.58. The molecule has 98 valence electrons. The summed E-state index contributed by atoms with van der Waals surface area (Å²) in [7, 11) is 1.76. The molecule has 2 saturated heterocycles. The van der Waals surface area contributed by atoms with E-state index in [1.165, 1.54) is 38.0 Å². The molecule has 0 radical (unpaired) electrons. The minimum Gasteiger partial charge on any atom is -0.495 e. The zero-order chi connectivity index (χ0) is 12.4. The third-order valence-corrected chi connectivity index (χ3v) is 4.23. The quantitative estimate of drug-likeness (QED) is 0.797. The lowest BCUT2D eigenvalue weighted by molar-refractivity contribution is 0.273. The van der Waals surface area contributed by atoms with Crippen molar-refractivity contribution in [2.75, 3.05) is 38.2 Å². The maximum Gasteiger partial charge on any atom is 0.142 e. The summed E-state index contributed by atoms with van der Waals surface area (Å²) in [6.07, 6.45) is 3.98. The van der Waals surface area contributed by atoms with Gasteiger partial charge in [-0.05, 0) is 37.9 Å². The highest BCUT2D eigenvalue weighted by Crippen LogP contribution is 2.31. The summed E-state index contributed by atoms with van der Waals surface area (Å²) in [5, 5.41) is 0. The summed E-state index contributed by atoms with van der Waals surface area (Å²) in [4.78, 5) is 5.17. The predicted octanol–water partition coefficient (Wildman–Crippen LogP) is 2.37. The average molecular weight is 246 g/mol. The molecule has 0 spiro atoms. The van der Waals surface area contributed by atoms with Gasteiger partial charge in [-0.2, -0.15) is 0 Å². The van der Waals surface area contributed by atoms with Gasteiger partial charge in [-0.15, -0.1) is 0 Å². The molecule has 18 heavy (non-hydrogen) atoms. The van der Waals surface area contributed by atoms with Crippen LogP contribution >= 0.6 is 0 Å². The Morgan fingerprint density at radius 2 is 1.94 bits per heavy atom. The predicted molar refractivity (Wildman–Crippen MR) is 74.4 cm³/mol. The second-order valence-electron chi connectivity index (χ2n) is 5.30. The Morgan fingerprint density at radius 3 is 2.83 bits per heavy atom. The Balaban J connectivity index is 1.82. The number of anilines is 1. The molecule has 2 heterocycles. The van der Waals surface area contributed by atoms with Crippen LogP contribution < -0.4 is 9.64 Å². The summed E-state index contributed by atoms with van der Waals surface area (Å²) in [5.41, 5.74) is 1.26. The van der Waals surface area contributed by atoms with E-state index in [9.17, 15) is 0 Å². The lowest BCUT2D eigenvalue weighted by Crippen LogP contribution is -2.36. The first-order valence-corrected chi connectivity index (χ1v) is 7.00. The molecule has 1 aromatic carbocycles. The SMILES string of the molecule is COc1ccccc1N1CCCN2CCCC2C1. The molecule has 1 aromatic rings. The molecular formula is C15H22N2O. The highest BCUT2D eigenvalue weighted by atomic mass is 16.5. The van der Waals surface area contributed by atoms with Crippen LogP contribution in [0.2, 0.25) is 0 Å². The topological polar surface area (TPSA) is 15.7 Å². The molecule has 0 N–H and O–H groups in total. The molecule has 2 aliphatic rings. The zero-order valence-electron chi connectivity index (χ0n) is 11.1. The molecule has 3 rings (SSSR count). The van der Waals surface area contributed by atoms with Gasteiger partial charge in [-0.1, -0.05) is 12.1 Å². The van der Waals surface area contributed by atoms with Crippen molar-refractivity contribution in [2.24, 2.45) is 0 Å². The fourth-order valence-electron chi connectivity index (χ4n) is 3.32. The van der Waals surface area contributed by atoms with Crippen LogP contribution in [0.4, 0.5) is 5.69 Å². The van der Waals surface area contributed by atoms with Gasteiger partial charge >= 0.3 is 0 Å². The van der Waals surface area contributed by atoms with Crippen LogP contribution in [-0.2, 0) is 0 Å². The van der Waals surface area contributed by atoms with Gasteiger partial charge in [0, 0.05) is 25.7 Å². The number of ether oxygens (including phenoxy) is 1. The summed E-state index contributed by atoms with van der Waals surface area (Å²) >= 11 is 0. The van der Waals surface area contributed by atoms with E-state index in [0.29, 0.717) is 0 Å². The van der Waals surface area contributed by atoms with E-state index in [1.54, 1.807) is 7.11 Å². The molecule has 0 aliphatic carbocycles. The zero-order valence-corrected chi connectivity index (χ0v) is 11.1. The average Bonchev–Trinajstić information content (AvgIpc) is 2.76. The van der Waals surface area contributed by atoms with Crippen molar-refractivity contribution in [1.82, 2.24) is 4.90 Å². The second kappa shape index (κ2) is 5.19. The number of para-hydroxylation sites is 2. The van der Waals surface area contributed by atoms with E-state index in [2.05, 4.69) is 28.0 Å². The number of rotatable bonds is 2. The first-order valence-electron chi connectivity index (χ1n) is 7.00. The first-order chi connectivity index (χ1) is 8.88. The lowest BCUT2D eigenvalue weighted by Gasteiger charge is -2.28. The number of methoxy groups -OCH3 is 1. The number of hydrogen-bond acceptors (Lipinski definition) is 3. The van der Waals surface area contributed by atoms with E-state index in [-0.39, 0.29) is 0 Å². The fraction of sp³-hybridized carbons (Fsp3) is 0.600. The third-order valence-electron chi connectivity index (χ3n) is 4.23. The molecule has 2 fully saturated rings. The van der Waals surface area contributed by atoms with Crippen LogP contribution in [-0.4, -0.2) is 44.2 Å². The normalized spacial score (nSPS) is 24.7. The minimum absolute atomic E-state index is 0.748. The standard InChI is InChI=1S/C15H22N2O/c1-18-15-8-3-2-7-14(15)17-11-5-10-16-9-4-6-13(16)12-17/h2-3,7-8,13H,4-6,9-12H2,1H3. The van der Waals surface area contributed by atoms with Gasteiger partial charge in [0.15, 0.2) is 0 Å². The summed E-state index contributed by atoms with van der Waals surface area (Å²) < 4.78 is 5.50. The van der Waals surface area contributed by atoms with E-state index in [0.717, 1.165) is 24.9 Å². The van der Waals surface area contributed by atoms with Crippen LogP contribution in [0.1, 0.15) is 19.3 Å². The molecule has 0 saturated carbocycles. The van der Waals surface area contributed by atoms with Gasteiger partial charge < -0.3 is 9.64 Å². The Bertz CT molecular complexity index is 407. The van der Waals surface area contributed by atoms with Crippen LogP contribution in [0.25, 0.3) is 0 Å². The van der Waals surface area contributed by atoms with Gasteiger partial charge in [-0.3, -0.25) is 4.90 Å². The van der Waals surface area contributed by atoms with Crippen molar-refractivity contribution < 1.29 is 4.74 Å². The van der Waals surface area contributed by atoms with Crippen LogP contribution in [0, 0.1) is 0 Å². The van der Waals surface area contributed by atoms with E-state index in [1.807, 2.05) is 6.07 Å². The van der Waals surface area contributed by atoms with Gasteiger partial charge in [0.05, 0.1) is 12.8 Å². The maximum atomic E-state index is 5.50. The lowest BCUT2D eigenvalue weighted by atomic mass is 10.2. The van der Waals surface area contributed by atoms with Crippen LogP contribution in [0.3, 0.4) is 0 Å². The van der Waals surface area contributed by atoms with E-state index in [4.69, 9.17) is 4.74 Å². The van der Waals surface area contributed by atoms with Crippen molar-refractivity contribution in [3.8, 4) is 5.75 Å². The van der Waals surface area contributed by atoms with Crippen molar-refractivity contribution in [2.45, 2.75) is 25.3 Å². The third kappa shape index (κ3) is 2.19. The molecule has 0 amide bonds. The van der Waals surface area contributed by atoms with Gasteiger partial charge in [-0.25, -0.2) is 0 Å². The van der Waals surface area contributed by atoms with Crippen molar-refractivity contribution in [3.63, 3.8) is 0 Å². The van der Waals surface area contributed by atoms with Gasteiger partial charge in [0.2, 0.25) is 0 Å². The molecule has 1 unspecified atom stereocenters. The second-order valence-corrected chi connectivity index (χ2v) is 5.30. The Kier molecular flexibility index (Phi) is 3.41. The molecule has 0 bridgehead atoms. The number of nitrogens with zero attached hydrogens (tertiary/aromatic N) is 2. The molecule has 3 nitrogen and oxygen atoms in total. The smallest absolute Gasteiger partial charge is 0.142 e. The van der Waals surface area contributed by atoms with Gasteiger partial charge in [0.1, 0.15) is 5.75 Å². The van der Waals surface area contributed by atoms with Crippen molar-refractivity contribution in [1.29, 1.82) is 0 Å². The first kappa shape index (κ1) is 11.8. The Morgan fingerprint density at radius 1 is 1.11 bits per heavy atom. The van der Waals surface area contributed by atoms with Crippen molar-refractivity contribution in [3.05, 3.63) is 24.3 Å². The summed E-state index contributed by atoms with van der Waals surface area (Å²) in [6, 6.07) is 9.14. The van der Waals surface area contributed by atoms with Gasteiger partial charge in [0.25, 0.3) is 0 Å². The summed E-state index contributed by atoms with van der Waals surface area (Å²) in [6.45, 7) is 4.86. The molecule has 0 aromatic heterocycles. The summed E-state index contributed by atoms with van der Waals surface area (Å²) in [5.74, 6) is 1.00. The number of fused-ring (bicyclic) bond motifs is 1. The Hall–Kier alpha value is -1.22. The highest BCUT2D eigenvalue weighted by Gasteiger charge is 2.29. The molecular weight excluding hydrogens is 224 g/mol. The molecule has 2 aliphatic heterocycles. The fourth-order valence-corrected chi connectivity index (χ4v) is 3.32. The number of benzene rings is 1. The van der Waals surface area contributed by atoms with Crippen LogP contribution in [0.5, 0.6) is 5.75 Å². The minimum atomic E-state index is 0.748. The maximum absolute atomic E-state index is 5.50. The van der Waals surface area contributed by atoms with Crippen molar-refractivity contribution >= 4 is 5.69 Å². The van der Waals surface area contributed by atoms with Crippen LogP contribution in [0.15, 0.2) is 24.3 Å². The van der Waals surface area contributed by atoms with E-state index < -0.39 is 0 Å². The molecule has 3 heteroatoms.